The van der Waals surface area contributed by atoms with Gasteiger partial charge >= 0.3 is 0 Å². The molecule has 3 rings (SSSR count). The van der Waals surface area contributed by atoms with Crippen LogP contribution in [0.1, 0.15) is 61.1 Å². The first-order valence-corrected chi connectivity index (χ1v) is 11.0. The zero-order valence-corrected chi connectivity index (χ0v) is 19.4. The molecule has 0 radical (unpaired) electrons. The molecule has 0 aromatic heterocycles. The maximum absolute atomic E-state index is 6.51. The van der Waals surface area contributed by atoms with Crippen LogP contribution in [0.5, 0.6) is 0 Å². The van der Waals surface area contributed by atoms with Gasteiger partial charge in [-0.1, -0.05) is 58.0 Å². The van der Waals surface area contributed by atoms with Crippen molar-refractivity contribution >= 4 is 35.6 Å². The zero-order valence-electron chi connectivity index (χ0n) is 17.8. The van der Waals surface area contributed by atoms with Gasteiger partial charge in [-0.25, -0.2) is 0 Å². The van der Waals surface area contributed by atoms with Crippen LogP contribution < -0.4 is 16.2 Å². The highest BCUT2D eigenvalue weighted by Gasteiger charge is 2.25. The van der Waals surface area contributed by atoms with E-state index in [1.165, 1.54) is 39.8 Å². The van der Waals surface area contributed by atoms with Crippen LogP contribution in [0, 0.1) is 0 Å². The van der Waals surface area contributed by atoms with Crippen molar-refractivity contribution in [1.82, 2.24) is 4.72 Å². The van der Waals surface area contributed by atoms with Crippen LogP contribution >= 0.6 is 24.4 Å². The number of allylic oxidation sites excluding steroid dienone is 1. The first-order valence-electron chi connectivity index (χ1n) is 10.2. The Morgan fingerprint density at radius 2 is 1.45 bits per heavy atom. The number of nitrogens with one attached hydrogen (secondary N) is 1. The third-order valence-electron chi connectivity index (χ3n) is 5.58. The Morgan fingerprint density at radius 1 is 0.828 bits per heavy atom. The summed E-state index contributed by atoms with van der Waals surface area (Å²) in [6.07, 6.45) is 4.14. The molecule has 0 saturated heterocycles. The number of rotatable bonds is 6. The van der Waals surface area contributed by atoms with Gasteiger partial charge < -0.3 is 16.2 Å². The molecule has 0 fully saturated rings. The third-order valence-corrected chi connectivity index (χ3v) is 6.33. The van der Waals surface area contributed by atoms with Crippen molar-refractivity contribution in [1.29, 1.82) is 0 Å². The summed E-state index contributed by atoms with van der Waals surface area (Å²) in [6, 6.07) is 12.7. The van der Waals surface area contributed by atoms with Crippen LogP contribution in [0.2, 0.25) is 0 Å². The summed E-state index contributed by atoms with van der Waals surface area (Å²) >= 11 is 1.41. The third kappa shape index (κ3) is 4.29. The summed E-state index contributed by atoms with van der Waals surface area (Å²) in [5, 5.41) is 0.622. The average Bonchev–Trinajstić information content (AvgIpc) is 2.74. The van der Waals surface area contributed by atoms with Crippen LogP contribution in [0.25, 0.3) is 11.3 Å². The molecule has 156 valence electrons. The van der Waals surface area contributed by atoms with Crippen molar-refractivity contribution < 1.29 is 0 Å². The molecule has 0 saturated carbocycles. The lowest BCUT2D eigenvalue weighted by molar-refractivity contribution is 0.938. The highest BCUT2D eigenvalue weighted by atomic mass is 35.5. The van der Waals surface area contributed by atoms with Crippen molar-refractivity contribution in [3.8, 4) is 0 Å². The number of aryl methyl sites for hydroxylation is 1. The molecule has 0 bridgehead atoms. The van der Waals surface area contributed by atoms with Crippen molar-refractivity contribution in [3.05, 3.63) is 80.5 Å². The molecular formula is C24H32ClN3S. The molecule has 2 aromatic carbocycles. The average molecular weight is 430 g/mol. The van der Waals surface area contributed by atoms with Crippen LogP contribution in [-0.2, 0) is 25.7 Å². The van der Waals surface area contributed by atoms with E-state index >= 15 is 0 Å². The fraction of sp³-hybridized carbons (Fsp3) is 0.333. The van der Waals surface area contributed by atoms with E-state index in [0.29, 0.717) is 10.7 Å². The Hall–Kier alpha value is -2.04. The molecule has 1 aliphatic heterocycles. The molecule has 29 heavy (non-hydrogen) atoms. The molecule has 1 aliphatic rings. The minimum Gasteiger partial charge on any atom is -0.396 e. The second-order valence-electron chi connectivity index (χ2n) is 7.03. The highest BCUT2D eigenvalue weighted by Crippen LogP contribution is 2.39. The van der Waals surface area contributed by atoms with E-state index < -0.39 is 0 Å². The first-order chi connectivity index (χ1) is 13.6. The van der Waals surface area contributed by atoms with E-state index in [2.05, 4.69) is 50.6 Å². The van der Waals surface area contributed by atoms with Crippen molar-refractivity contribution in [3.63, 3.8) is 0 Å². The molecule has 1 heterocycles. The van der Waals surface area contributed by atoms with Crippen LogP contribution in [0.15, 0.2) is 47.1 Å². The van der Waals surface area contributed by atoms with Gasteiger partial charge in [-0.05, 0) is 59.6 Å². The van der Waals surface area contributed by atoms with Gasteiger partial charge in [0.25, 0.3) is 0 Å². The summed E-state index contributed by atoms with van der Waals surface area (Å²) in [5.74, 6) is 0. The van der Waals surface area contributed by atoms with Gasteiger partial charge in [0.1, 0.15) is 5.03 Å². The second kappa shape index (κ2) is 10.1. The smallest absolute Gasteiger partial charge is 0.111 e. The zero-order chi connectivity index (χ0) is 20.3. The van der Waals surface area contributed by atoms with E-state index in [0.717, 1.165) is 42.5 Å². The Bertz CT molecular complexity index is 933. The largest absolute Gasteiger partial charge is 0.396 e. The van der Waals surface area contributed by atoms with Crippen molar-refractivity contribution in [2.75, 3.05) is 0 Å². The molecule has 5 N–H and O–H groups in total. The molecule has 0 aliphatic carbocycles. The number of nitrogens with two attached hydrogens (primary N) is 2. The number of halogens is 1. The molecule has 0 spiro atoms. The van der Waals surface area contributed by atoms with Gasteiger partial charge in [0.05, 0.1) is 11.4 Å². The summed E-state index contributed by atoms with van der Waals surface area (Å²) in [4.78, 5) is 0. The number of benzene rings is 2. The lowest BCUT2D eigenvalue weighted by atomic mass is 9.84. The Labute approximate surface area is 185 Å². The molecule has 0 unspecified atom stereocenters. The van der Waals surface area contributed by atoms with Crippen LogP contribution in [-0.4, -0.2) is 0 Å². The predicted octanol–water partition coefficient (Wildman–Crippen LogP) is 5.56. The Kier molecular flexibility index (Phi) is 8.12. The van der Waals surface area contributed by atoms with E-state index in [1.807, 2.05) is 18.2 Å². The predicted molar refractivity (Wildman–Crippen MR) is 131 cm³/mol. The van der Waals surface area contributed by atoms with Gasteiger partial charge in [-0.15, -0.1) is 12.4 Å². The summed E-state index contributed by atoms with van der Waals surface area (Å²) in [5.41, 5.74) is 23.6. The van der Waals surface area contributed by atoms with E-state index in [1.54, 1.807) is 0 Å². The second-order valence-corrected chi connectivity index (χ2v) is 7.88. The molecule has 0 atom stereocenters. The number of hydrogen-bond acceptors (Lipinski definition) is 4. The maximum Gasteiger partial charge on any atom is 0.111 e. The molecule has 2 aromatic rings. The van der Waals surface area contributed by atoms with Gasteiger partial charge in [0.2, 0.25) is 0 Å². The molecule has 3 nitrogen and oxygen atoms in total. The van der Waals surface area contributed by atoms with Gasteiger partial charge in [0, 0.05) is 23.1 Å². The highest BCUT2D eigenvalue weighted by molar-refractivity contribution is 8.01. The van der Waals surface area contributed by atoms with Gasteiger partial charge in [-0.2, -0.15) is 0 Å². The standard InChI is InChI=1S/C24H31N3S.ClH/c1-5-15-14-20(19(8-4)18(7-3)17(15)6-2)23-21(16-12-10-9-11-13-16)22(25)24(26)28-27-23;/h9-14,27H,5-8,25-26H2,1-4H3;1H. The minimum atomic E-state index is 0. The topological polar surface area (TPSA) is 64.1 Å². The Balaban J connectivity index is 0.00000300. The summed E-state index contributed by atoms with van der Waals surface area (Å²) in [7, 11) is 0. The quantitative estimate of drug-likeness (QED) is 0.525. The molecule has 5 heteroatoms. The van der Waals surface area contributed by atoms with Crippen molar-refractivity contribution in [2.45, 2.75) is 53.4 Å². The molecule has 0 amide bonds. The van der Waals surface area contributed by atoms with Gasteiger partial charge in [-0.3, -0.25) is 0 Å². The SMILES string of the molecule is CCc1cc(C2=C(c3ccccc3)C(N)=C(N)SN2)c(CC)c(CC)c1CC.Cl. The first kappa shape index (κ1) is 23.2. The lowest BCUT2D eigenvalue weighted by Gasteiger charge is -2.27. The van der Waals surface area contributed by atoms with E-state index in [4.69, 9.17) is 11.5 Å². The molecular weight excluding hydrogens is 398 g/mol. The fourth-order valence-electron chi connectivity index (χ4n) is 4.26. The monoisotopic (exact) mass is 429 g/mol. The van der Waals surface area contributed by atoms with Crippen molar-refractivity contribution in [2.24, 2.45) is 11.5 Å². The summed E-state index contributed by atoms with van der Waals surface area (Å²) < 4.78 is 3.51. The summed E-state index contributed by atoms with van der Waals surface area (Å²) in [6.45, 7) is 9.01. The normalized spacial score (nSPS) is 13.9. The maximum atomic E-state index is 6.51. The number of hydrogen-bond donors (Lipinski definition) is 3. The Morgan fingerprint density at radius 3 is 2.00 bits per heavy atom. The van der Waals surface area contributed by atoms with E-state index in [9.17, 15) is 0 Å². The lowest BCUT2D eigenvalue weighted by Crippen LogP contribution is -2.22. The van der Waals surface area contributed by atoms with Crippen LogP contribution in [0.3, 0.4) is 0 Å². The van der Waals surface area contributed by atoms with E-state index in [-0.39, 0.29) is 12.4 Å². The minimum absolute atomic E-state index is 0. The van der Waals surface area contributed by atoms with Gasteiger partial charge in [0.15, 0.2) is 0 Å². The fourth-order valence-corrected chi connectivity index (χ4v) is 4.90. The van der Waals surface area contributed by atoms with Crippen LogP contribution in [0.4, 0.5) is 0 Å².